The Morgan fingerprint density at radius 2 is 1.30 bits per heavy atom. The Morgan fingerprint density at radius 3 is 2.00 bits per heavy atom. The Balaban J connectivity index is 0.000000109. The Kier molecular flexibility index (Phi) is 5.72. The van der Waals surface area contributed by atoms with Gasteiger partial charge in [0, 0.05) is 77.7 Å². The van der Waals surface area contributed by atoms with Crippen molar-refractivity contribution in [2.45, 2.75) is 39.3 Å². The van der Waals surface area contributed by atoms with Gasteiger partial charge >= 0.3 is 0 Å². The molecule has 0 spiro atoms. The Bertz CT molecular complexity index is 935. The van der Waals surface area contributed by atoms with Crippen LogP contribution in [0.3, 0.4) is 0 Å². The lowest BCUT2D eigenvalue weighted by Crippen LogP contribution is -2.11. The fourth-order valence-corrected chi connectivity index (χ4v) is 4.20. The lowest BCUT2D eigenvalue weighted by Gasteiger charge is -2.04. The first kappa shape index (κ1) is 20.7. The highest BCUT2D eigenvalue weighted by atomic mass is 15.4. The van der Waals surface area contributed by atoms with Gasteiger partial charge in [-0.2, -0.15) is 10.2 Å². The van der Waals surface area contributed by atoms with E-state index in [-0.39, 0.29) is 0 Å². The van der Waals surface area contributed by atoms with Crippen LogP contribution >= 0.6 is 0 Å². The Hall–Kier alpha value is -2.56. The summed E-state index contributed by atoms with van der Waals surface area (Å²) in [7, 11) is 12.2. The molecular weight excluding hydrogens is 380 g/mol. The van der Waals surface area contributed by atoms with E-state index in [1.165, 1.54) is 28.2 Å². The van der Waals surface area contributed by atoms with E-state index in [9.17, 15) is 0 Å². The molecule has 30 heavy (non-hydrogen) atoms. The van der Waals surface area contributed by atoms with E-state index in [2.05, 4.69) is 62.5 Å². The molecule has 0 aromatic carbocycles. The predicted molar refractivity (Wildman–Crippen MR) is 113 cm³/mol. The second-order valence-electron chi connectivity index (χ2n) is 8.64. The number of hydrogen-bond acceptors (Lipinski definition) is 7. The maximum Gasteiger partial charge on any atom is 0.101 e. The van der Waals surface area contributed by atoms with E-state index in [0.717, 1.165) is 45.0 Å². The number of nitrogens with zero attached hydrogens (tertiary/aromatic N) is 10. The van der Waals surface area contributed by atoms with Crippen molar-refractivity contribution in [1.29, 1.82) is 0 Å². The molecule has 0 amide bonds. The van der Waals surface area contributed by atoms with Crippen LogP contribution in [0.2, 0.25) is 0 Å². The summed E-state index contributed by atoms with van der Waals surface area (Å²) >= 11 is 0. The zero-order valence-corrected chi connectivity index (χ0v) is 18.9. The zero-order valence-electron chi connectivity index (χ0n) is 18.9. The van der Waals surface area contributed by atoms with Crippen molar-refractivity contribution in [3.63, 3.8) is 0 Å². The van der Waals surface area contributed by atoms with Gasteiger partial charge in [-0.15, -0.1) is 5.10 Å². The summed E-state index contributed by atoms with van der Waals surface area (Å²) in [6.07, 6.45) is 4.05. The molecular formula is C20H32N10. The molecule has 0 saturated carbocycles. The summed E-state index contributed by atoms with van der Waals surface area (Å²) < 4.78 is 5.69. The van der Waals surface area contributed by atoms with E-state index >= 15 is 0 Å². The number of aromatic nitrogens is 7. The SMILES string of the molecule is CN1Cc2cn(C)nc2C1.CN1Cc2cnn(C)c2C1.CN1Cc2nnn(C)c2C1. The molecule has 3 aromatic rings. The first-order valence-corrected chi connectivity index (χ1v) is 10.2. The molecule has 0 radical (unpaired) electrons. The molecule has 0 fully saturated rings. The van der Waals surface area contributed by atoms with Gasteiger partial charge in [-0.25, -0.2) is 0 Å². The summed E-state index contributed by atoms with van der Waals surface area (Å²) in [6.45, 7) is 6.11. The van der Waals surface area contributed by atoms with Gasteiger partial charge in [-0.05, 0) is 21.1 Å². The van der Waals surface area contributed by atoms with Gasteiger partial charge in [0.15, 0.2) is 0 Å². The van der Waals surface area contributed by atoms with Crippen molar-refractivity contribution < 1.29 is 0 Å². The van der Waals surface area contributed by atoms with Crippen molar-refractivity contribution in [3.05, 3.63) is 46.3 Å². The van der Waals surface area contributed by atoms with Gasteiger partial charge in [-0.1, -0.05) is 5.21 Å². The van der Waals surface area contributed by atoms with Crippen molar-refractivity contribution in [3.8, 4) is 0 Å². The molecule has 3 aliphatic rings. The fraction of sp³-hybridized carbons (Fsp3) is 0.600. The van der Waals surface area contributed by atoms with Crippen LogP contribution in [-0.2, 0) is 60.4 Å². The lowest BCUT2D eigenvalue weighted by atomic mass is 10.3. The molecule has 10 nitrogen and oxygen atoms in total. The molecule has 162 valence electrons. The van der Waals surface area contributed by atoms with E-state index in [1.54, 1.807) is 0 Å². The monoisotopic (exact) mass is 412 g/mol. The summed E-state index contributed by atoms with van der Waals surface area (Å²) in [6, 6.07) is 0. The Labute approximate surface area is 177 Å². The van der Waals surface area contributed by atoms with Crippen LogP contribution in [0.5, 0.6) is 0 Å². The standard InChI is InChI=1S/2C7H11N3.C6H10N4/c1-9-3-6-4-10(2)8-7(6)5-9;1-9-4-6-3-8-10(2)7(6)5-9;1-9-3-5-6(4-9)10(2)8-7-5/h4H,3,5H2,1-2H3;3H,4-5H2,1-2H3;3-4H2,1-2H3. The average Bonchev–Trinajstić information content (AvgIpc) is 3.47. The van der Waals surface area contributed by atoms with E-state index in [0.29, 0.717) is 0 Å². The highest BCUT2D eigenvalue weighted by Gasteiger charge is 2.21. The van der Waals surface area contributed by atoms with Crippen LogP contribution in [0.4, 0.5) is 0 Å². The van der Waals surface area contributed by atoms with Crippen LogP contribution in [0.1, 0.15) is 33.9 Å². The van der Waals surface area contributed by atoms with Crippen LogP contribution in [0.15, 0.2) is 12.4 Å². The maximum absolute atomic E-state index is 4.32. The minimum absolute atomic E-state index is 0.948. The Morgan fingerprint density at radius 1 is 0.667 bits per heavy atom. The number of aryl methyl sites for hydroxylation is 3. The molecule has 6 rings (SSSR count). The minimum Gasteiger partial charge on any atom is -0.296 e. The third-order valence-electron chi connectivity index (χ3n) is 5.72. The molecule has 0 bridgehead atoms. The van der Waals surface area contributed by atoms with Crippen LogP contribution in [0.25, 0.3) is 0 Å². The van der Waals surface area contributed by atoms with Gasteiger partial charge in [0.2, 0.25) is 0 Å². The minimum atomic E-state index is 0.948. The third-order valence-corrected chi connectivity index (χ3v) is 5.72. The molecule has 0 aliphatic carbocycles. The first-order chi connectivity index (χ1) is 14.3. The highest BCUT2D eigenvalue weighted by Crippen LogP contribution is 2.19. The third kappa shape index (κ3) is 4.30. The molecule has 3 aromatic heterocycles. The average molecular weight is 413 g/mol. The number of hydrogen-bond donors (Lipinski definition) is 0. The van der Waals surface area contributed by atoms with E-state index in [1.807, 2.05) is 41.4 Å². The van der Waals surface area contributed by atoms with Gasteiger partial charge in [-0.3, -0.25) is 28.7 Å². The first-order valence-electron chi connectivity index (χ1n) is 10.2. The summed E-state index contributed by atoms with van der Waals surface area (Å²) in [4.78, 5) is 6.77. The fourth-order valence-electron chi connectivity index (χ4n) is 4.20. The van der Waals surface area contributed by atoms with Gasteiger partial charge in [0.05, 0.1) is 23.3 Å². The smallest absolute Gasteiger partial charge is 0.101 e. The molecule has 0 N–H and O–H groups in total. The van der Waals surface area contributed by atoms with Gasteiger partial charge < -0.3 is 0 Å². The summed E-state index contributed by atoms with van der Waals surface area (Å²) in [5, 5.41) is 16.4. The van der Waals surface area contributed by atoms with Crippen molar-refractivity contribution in [2.24, 2.45) is 21.1 Å². The van der Waals surface area contributed by atoms with Crippen molar-refractivity contribution in [1.82, 2.24) is 49.3 Å². The van der Waals surface area contributed by atoms with E-state index in [4.69, 9.17) is 0 Å². The second kappa shape index (κ2) is 8.29. The molecule has 0 atom stereocenters. The van der Waals surface area contributed by atoms with Crippen molar-refractivity contribution >= 4 is 0 Å². The molecule has 10 heteroatoms. The predicted octanol–water partition coefficient (Wildman–Crippen LogP) is 0.492. The van der Waals surface area contributed by atoms with E-state index < -0.39 is 0 Å². The van der Waals surface area contributed by atoms with Crippen LogP contribution in [-0.4, -0.2) is 70.4 Å². The van der Waals surface area contributed by atoms with Gasteiger partial charge in [0.25, 0.3) is 0 Å². The zero-order chi connectivity index (χ0) is 21.4. The summed E-state index contributed by atoms with van der Waals surface area (Å²) in [5.41, 5.74) is 7.75. The molecule has 6 heterocycles. The lowest BCUT2D eigenvalue weighted by molar-refractivity contribution is 0.339. The topological polar surface area (TPSA) is 76.1 Å². The normalized spacial score (nSPS) is 17.8. The molecule has 0 saturated heterocycles. The van der Waals surface area contributed by atoms with Crippen molar-refractivity contribution in [2.75, 3.05) is 21.1 Å². The number of rotatable bonds is 0. The largest absolute Gasteiger partial charge is 0.296 e. The highest BCUT2D eigenvalue weighted by molar-refractivity contribution is 5.21. The molecule has 3 aliphatic heterocycles. The summed E-state index contributed by atoms with van der Waals surface area (Å²) in [5.74, 6) is 0. The van der Waals surface area contributed by atoms with Crippen LogP contribution in [0, 0.1) is 0 Å². The van der Waals surface area contributed by atoms with Gasteiger partial charge in [0.1, 0.15) is 5.69 Å². The quantitative estimate of drug-likeness (QED) is 0.532. The number of fused-ring (bicyclic) bond motifs is 3. The molecule has 0 unspecified atom stereocenters. The van der Waals surface area contributed by atoms with Crippen LogP contribution < -0.4 is 0 Å². The maximum atomic E-state index is 4.32. The second-order valence-corrected chi connectivity index (χ2v) is 8.64.